The minimum atomic E-state index is -0.120. The first kappa shape index (κ1) is 15.9. The maximum atomic E-state index is 12.4. The van der Waals surface area contributed by atoms with E-state index in [4.69, 9.17) is 9.84 Å². The smallest absolute Gasteiger partial charge is 0.267 e. The van der Waals surface area contributed by atoms with Gasteiger partial charge in [-0.1, -0.05) is 30.3 Å². The van der Waals surface area contributed by atoms with Gasteiger partial charge in [-0.25, -0.2) is 9.20 Å². The Hall–Kier alpha value is -3.32. The third-order valence-corrected chi connectivity index (χ3v) is 4.82. The van der Waals surface area contributed by atoms with Gasteiger partial charge in [0.1, 0.15) is 5.69 Å². The molecule has 134 valence electrons. The van der Waals surface area contributed by atoms with Gasteiger partial charge in [0, 0.05) is 30.6 Å². The van der Waals surface area contributed by atoms with E-state index in [9.17, 15) is 4.79 Å². The van der Waals surface area contributed by atoms with E-state index in [1.807, 2.05) is 36.5 Å². The molecule has 1 atom stereocenters. The molecule has 3 aromatic heterocycles. The van der Waals surface area contributed by atoms with Crippen molar-refractivity contribution in [2.24, 2.45) is 0 Å². The number of rotatable bonds is 3. The summed E-state index contributed by atoms with van der Waals surface area (Å²) in [6.07, 6.45) is 6.07. The van der Waals surface area contributed by atoms with Crippen molar-refractivity contribution in [2.45, 2.75) is 12.5 Å². The highest BCUT2D eigenvalue weighted by molar-refractivity contribution is 5.90. The molecule has 0 spiro atoms. The summed E-state index contributed by atoms with van der Waals surface area (Å²) in [5, 5.41) is 9.41. The van der Waals surface area contributed by atoms with E-state index >= 15 is 0 Å². The minimum absolute atomic E-state index is 0.0300. The Balaban J connectivity index is 1.75. The molecule has 0 aliphatic carbocycles. The van der Waals surface area contributed by atoms with Gasteiger partial charge in [-0.05, 0) is 12.5 Å². The largest absolute Gasteiger partial charge is 0.379 e. The van der Waals surface area contributed by atoms with Crippen LogP contribution in [0.15, 0.2) is 65.8 Å². The van der Waals surface area contributed by atoms with Crippen LogP contribution in [0.4, 0.5) is 0 Å². The molecule has 0 N–H and O–H groups in total. The van der Waals surface area contributed by atoms with Gasteiger partial charge in [0.2, 0.25) is 0 Å². The first-order valence-electron chi connectivity index (χ1n) is 8.87. The van der Waals surface area contributed by atoms with Crippen molar-refractivity contribution in [3.05, 3.63) is 71.4 Å². The van der Waals surface area contributed by atoms with E-state index in [2.05, 4.69) is 10.1 Å². The highest BCUT2D eigenvalue weighted by atomic mass is 16.5. The van der Waals surface area contributed by atoms with E-state index in [1.165, 1.54) is 4.68 Å². The molecule has 27 heavy (non-hydrogen) atoms. The molecule has 4 aromatic rings. The molecule has 1 fully saturated rings. The van der Waals surface area contributed by atoms with Crippen molar-refractivity contribution in [2.75, 3.05) is 13.2 Å². The van der Waals surface area contributed by atoms with Crippen LogP contribution in [0.5, 0.6) is 0 Å². The molecule has 0 saturated carbocycles. The van der Waals surface area contributed by atoms with Crippen LogP contribution in [0.25, 0.3) is 28.0 Å². The van der Waals surface area contributed by atoms with Crippen molar-refractivity contribution < 1.29 is 4.74 Å². The third kappa shape index (κ3) is 2.72. The summed E-state index contributed by atoms with van der Waals surface area (Å²) in [5.74, 6) is 0. The highest BCUT2D eigenvalue weighted by Crippen LogP contribution is 2.33. The molecule has 1 aromatic carbocycles. The molecule has 1 saturated heterocycles. The van der Waals surface area contributed by atoms with Crippen LogP contribution in [0.3, 0.4) is 0 Å². The zero-order valence-electron chi connectivity index (χ0n) is 14.5. The molecule has 0 radical (unpaired) electrons. The van der Waals surface area contributed by atoms with Gasteiger partial charge in [-0.15, -0.1) is 0 Å². The van der Waals surface area contributed by atoms with Crippen LogP contribution >= 0.6 is 0 Å². The van der Waals surface area contributed by atoms with Crippen LogP contribution in [0.2, 0.25) is 0 Å². The average molecular weight is 359 g/mol. The second kappa shape index (κ2) is 6.44. The summed E-state index contributed by atoms with van der Waals surface area (Å²) in [6, 6.07) is 13.2. The zero-order chi connectivity index (χ0) is 18.2. The number of ether oxygens (including phenoxy) is 1. The Morgan fingerprint density at radius 1 is 1.07 bits per heavy atom. The molecule has 1 aliphatic heterocycles. The first-order valence-corrected chi connectivity index (χ1v) is 8.87. The number of nitrogens with zero attached hydrogens (tertiary/aromatic N) is 5. The van der Waals surface area contributed by atoms with Gasteiger partial charge in [0.25, 0.3) is 5.56 Å². The molecule has 4 heterocycles. The Bertz CT molecular complexity index is 1160. The molecule has 0 bridgehead atoms. The van der Waals surface area contributed by atoms with Crippen molar-refractivity contribution >= 4 is 5.52 Å². The lowest BCUT2D eigenvalue weighted by Crippen LogP contribution is -2.27. The summed E-state index contributed by atoms with van der Waals surface area (Å²) in [4.78, 5) is 16.6. The number of hydrogen-bond donors (Lipinski definition) is 0. The number of aromatic nitrogens is 5. The monoisotopic (exact) mass is 359 g/mol. The van der Waals surface area contributed by atoms with Crippen LogP contribution in [-0.4, -0.2) is 37.6 Å². The predicted molar refractivity (Wildman–Crippen MR) is 100 cm³/mol. The van der Waals surface area contributed by atoms with E-state index < -0.39 is 0 Å². The fourth-order valence-electron chi connectivity index (χ4n) is 3.49. The normalized spacial score (nSPS) is 16.8. The second-order valence-electron chi connectivity index (χ2n) is 6.51. The van der Waals surface area contributed by atoms with Crippen LogP contribution in [0.1, 0.15) is 12.5 Å². The lowest BCUT2D eigenvalue weighted by atomic mass is 10.0. The molecule has 0 amide bonds. The standard InChI is InChI=1S/C20H17N5O2/c26-18-7-6-16(22-25(18)15-8-11-27-13-15)19-17-12-21-9-10-24(17)23-20(19)14-4-2-1-3-5-14/h1-7,9-10,12,15H,8,11,13H2/t15-/m1/s1. The van der Waals surface area contributed by atoms with Gasteiger partial charge in [-0.3, -0.25) is 9.78 Å². The summed E-state index contributed by atoms with van der Waals surface area (Å²) in [7, 11) is 0. The molecule has 0 unspecified atom stereocenters. The van der Waals surface area contributed by atoms with Gasteiger partial charge < -0.3 is 4.74 Å². The van der Waals surface area contributed by atoms with Gasteiger partial charge in [0.15, 0.2) is 0 Å². The Morgan fingerprint density at radius 2 is 1.96 bits per heavy atom. The highest BCUT2D eigenvalue weighted by Gasteiger charge is 2.22. The van der Waals surface area contributed by atoms with E-state index in [1.54, 1.807) is 29.0 Å². The Labute approximate surface area is 154 Å². The van der Waals surface area contributed by atoms with Crippen molar-refractivity contribution in [3.63, 3.8) is 0 Å². The quantitative estimate of drug-likeness (QED) is 0.562. The lowest BCUT2D eigenvalue weighted by Gasteiger charge is -2.12. The van der Waals surface area contributed by atoms with Crippen molar-refractivity contribution in [3.8, 4) is 22.5 Å². The fourth-order valence-corrected chi connectivity index (χ4v) is 3.49. The minimum Gasteiger partial charge on any atom is -0.379 e. The summed E-state index contributed by atoms with van der Waals surface area (Å²) in [6.45, 7) is 1.16. The van der Waals surface area contributed by atoms with Crippen LogP contribution < -0.4 is 5.56 Å². The lowest BCUT2D eigenvalue weighted by molar-refractivity contribution is 0.183. The molecular weight excluding hydrogens is 342 g/mol. The molecule has 5 rings (SSSR count). The number of hydrogen-bond acceptors (Lipinski definition) is 5. The maximum Gasteiger partial charge on any atom is 0.267 e. The van der Waals surface area contributed by atoms with Gasteiger partial charge in [0.05, 0.1) is 35.6 Å². The van der Waals surface area contributed by atoms with E-state index in [0.29, 0.717) is 18.9 Å². The van der Waals surface area contributed by atoms with Gasteiger partial charge >= 0.3 is 0 Å². The zero-order valence-corrected chi connectivity index (χ0v) is 14.5. The van der Waals surface area contributed by atoms with E-state index in [0.717, 1.165) is 28.8 Å². The summed E-state index contributed by atoms with van der Waals surface area (Å²) in [5.41, 5.74) is 4.08. The van der Waals surface area contributed by atoms with E-state index in [-0.39, 0.29) is 11.6 Å². The third-order valence-electron chi connectivity index (χ3n) is 4.82. The topological polar surface area (TPSA) is 74.3 Å². The summed E-state index contributed by atoms with van der Waals surface area (Å²) < 4.78 is 8.76. The summed E-state index contributed by atoms with van der Waals surface area (Å²) >= 11 is 0. The molecule has 1 aliphatic rings. The first-order chi connectivity index (χ1) is 13.3. The second-order valence-corrected chi connectivity index (χ2v) is 6.51. The molecule has 7 heteroatoms. The van der Waals surface area contributed by atoms with Crippen molar-refractivity contribution in [1.29, 1.82) is 0 Å². The fraction of sp³-hybridized carbons (Fsp3) is 0.200. The maximum absolute atomic E-state index is 12.4. The Kier molecular flexibility index (Phi) is 3.79. The molecule has 7 nitrogen and oxygen atoms in total. The number of benzene rings is 1. The predicted octanol–water partition coefficient (Wildman–Crippen LogP) is 2.58. The van der Waals surface area contributed by atoms with Crippen LogP contribution in [-0.2, 0) is 4.74 Å². The van der Waals surface area contributed by atoms with Gasteiger partial charge in [-0.2, -0.15) is 10.2 Å². The number of fused-ring (bicyclic) bond motifs is 1. The average Bonchev–Trinajstić information content (AvgIpc) is 3.37. The Morgan fingerprint density at radius 3 is 2.78 bits per heavy atom. The van der Waals surface area contributed by atoms with Crippen LogP contribution in [0, 0.1) is 0 Å². The molecular formula is C20H17N5O2. The van der Waals surface area contributed by atoms with Crippen molar-refractivity contribution in [1.82, 2.24) is 24.4 Å². The SMILES string of the molecule is O=c1ccc(-c2c(-c3ccccc3)nn3ccncc23)nn1[C@@H]1CCOC1.